The summed E-state index contributed by atoms with van der Waals surface area (Å²) >= 11 is 1.52. The summed E-state index contributed by atoms with van der Waals surface area (Å²) in [6, 6.07) is 17.8. The topological polar surface area (TPSA) is 29.1 Å². The Labute approximate surface area is 153 Å². The van der Waals surface area contributed by atoms with Gasteiger partial charge in [-0.1, -0.05) is 54.6 Å². The summed E-state index contributed by atoms with van der Waals surface area (Å²) in [5.74, 6) is -0.327. The molecule has 1 atom stereocenters. The average molecular weight is 375 g/mol. The lowest BCUT2D eigenvalue weighted by Gasteiger charge is -2.18. The third-order valence-electron chi connectivity index (χ3n) is 3.88. The van der Waals surface area contributed by atoms with Crippen molar-refractivity contribution in [2.75, 3.05) is 0 Å². The van der Waals surface area contributed by atoms with Crippen LogP contribution in [0.3, 0.4) is 0 Å². The largest absolute Gasteiger partial charge is 0.416 e. The predicted molar refractivity (Wildman–Crippen MR) is 95.9 cm³/mol. The lowest BCUT2D eigenvalue weighted by atomic mass is 10.0. The van der Waals surface area contributed by atoms with E-state index in [1.165, 1.54) is 23.5 Å². The molecule has 3 aromatic rings. The SMILES string of the molecule is O=C(Cc1cccc(C(F)(F)F)c1)NC(c1ccccc1)c1cccs1. The molecule has 3 rings (SSSR count). The highest BCUT2D eigenvalue weighted by atomic mass is 32.1. The average Bonchev–Trinajstić information content (AvgIpc) is 3.14. The normalized spacial score (nSPS) is 12.6. The molecule has 0 aliphatic carbocycles. The molecule has 0 bridgehead atoms. The summed E-state index contributed by atoms with van der Waals surface area (Å²) in [6.45, 7) is 0. The van der Waals surface area contributed by atoms with Crippen LogP contribution in [-0.2, 0) is 17.4 Å². The Morgan fingerprint density at radius 3 is 2.42 bits per heavy atom. The molecule has 1 heterocycles. The van der Waals surface area contributed by atoms with E-state index < -0.39 is 11.7 Å². The Hall–Kier alpha value is -2.60. The van der Waals surface area contributed by atoms with Gasteiger partial charge in [0.05, 0.1) is 18.0 Å². The molecule has 2 aromatic carbocycles. The van der Waals surface area contributed by atoms with E-state index >= 15 is 0 Å². The van der Waals surface area contributed by atoms with Crippen LogP contribution in [0.4, 0.5) is 13.2 Å². The zero-order valence-electron chi connectivity index (χ0n) is 13.7. The van der Waals surface area contributed by atoms with Crippen molar-refractivity contribution < 1.29 is 18.0 Å². The van der Waals surface area contributed by atoms with Gasteiger partial charge in [0.15, 0.2) is 0 Å². The molecule has 0 saturated carbocycles. The molecule has 1 unspecified atom stereocenters. The Morgan fingerprint density at radius 1 is 1.00 bits per heavy atom. The van der Waals surface area contributed by atoms with Gasteiger partial charge in [-0.15, -0.1) is 11.3 Å². The molecule has 0 radical (unpaired) electrons. The summed E-state index contributed by atoms with van der Waals surface area (Å²) in [5, 5.41) is 4.85. The van der Waals surface area contributed by atoms with Gasteiger partial charge in [-0.3, -0.25) is 4.79 Å². The molecule has 0 saturated heterocycles. The van der Waals surface area contributed by atoms with E-state index in [1.807, 2.05) is 47.8 Å². The van der Waals surface area contributed by atoms with E-state index in [-0.39, 0.29) is 18.4 Å². The molecule has 0 spiro atoms. The van der Waals surface area contributed by atoms with Crippen LogP contribution in [0, 0.1) is 0 Å². The molecule has 26 heavy (non-hydrogen) atoms. The molecule has 1 aromatic heterocycles. The van der Waals surface area contributed by atoms with Crippen LogP contribution < -0.4 is 5.32 Å². The molecule has 134 valence electrons. The summed E-state index contributed by atoms with van der Waals surface area (Å²) in [6.07, 6.45) is -4.53. The van der Waals surface area contributed by atoms with E-state index in [0.717, 1.165) is 22.6 Å². The quantitative estimate of drug-likeness (QED) is 0.651. The van der Waals surface area contributed by atoms with Crippen molar-refractivity contribution in [3.05, 3.63) is 93.7 Å². The maximum absolute atomic E-state index is 12.8. The number of nitrogens with one attached hydrogen (secondary N) is 1. The molecule has 1 N–H and O–H groups in total. The zero-order chi connectivity index (χ0) is 18.6. The lowest BCUT2D eigenvalue weighted by Crippen LogP contribution is -2.30. The number of thiophene rings is 1. The second kappa shape index (κ2) is 7.74. The van der Waals surface area contributed by atoms with E-state index in [2.05, 4.69) is 5.32 Å². The Morgan fingerprint density at radius 2 is 1.77 bits per heavy atom. The first-order chi connectivity index (χ1) is 12.4. The number of amides is 1. The zero-order valence-corrected chi connectivity index (χ0v) is 14.5. The first-order valence-electron chi connectivity index (χ1n) is 7.97. The van der Waals surface area contributed by atoms with Gasteiger partial charge in [-0.05, 0) is 28.6 Å². The van der Waals surface area contributed by atoms with E-state index in [0.29, 0.717) is 5.56 Å². The first kappa shape index (κ1) is 18.2. The monoisotopic (exact) mass is 375 g/mol. The van der Waals surface area contributed by atoms with Crippen molar-refractivity contribution in [2.45, 2.75) is 18.6 Å². The fourth-order valence-electron chi connectivity index (χ4n) is 2.67. The molecular formula is C20H16F3NOS. The molecule has 0 aliphatic rings. The number of carbonyl (C=O) groups excluding carboxylic acids is 1. The molecular weight excluding hydrogens is 359 g/mol. The van der Waals surface area contributed by atoms with Crippen molar-refractivity contribution in [3.63, 3.8) is 0 Å². The van der Waals surface area contributed by atoms with Crippen LogP contribution in [0.2, 0.25) is 0 Å². The molecule has 1 amide bonds. The van der Waals surface area contributed by atoms with Crippen LogP contribution in [0.5, 0.6) is 0 Å². The number of carbonyl (C=O) groups is 1. The van der Waals surface area contributed by atoms with E-state index in [9.17, 15) is 18.0 Å². The maximum atomic E-state index is 12.8. The second-order valence-corrected chi connectivity index (χ2v) is 6.78. The van der Waals surface area contributed by atoms with E-state index in [4.69, 9.17) is 0 Å². The minimum absolute atomic E-state index is 0.112. The van der Waals surface area contributed by atoms with Crippen LogP contribution in [0.15, 0.2) is 72.1 Å². The van der Waals surface area contributed by atoms with Crippen LogP contribution in [-0.4, -0.2) is 5.91 Å². The Kier molecular flexibility index (Phi) is 5.42. The summed E-state index contributed by atoms with van der Waals surface area (Å²) < 4.78 is 38.5. The fraction of sp³-hybridized carbons (Fsp3) is 0.150. The van der Waals surface area contributed by atoms with Crippen molar-refractivity contribution in [3.8, 4) is 0 Å². The van der Waals surface area contributed by atoms with Crippen molar-refractivity contribution in [1.82, 2.24) is 5.32 Å². The summed E-state index contributed by atoms with van der Waals surface area (Å²) in [5.41, 5.74) is 0.503. The number of benzene rings is 2. The van der Waals surface area contributed by atoms with Gasteiger partial charge < -0.3 is 5.32 Å². The smallest absolute Gasteiger partial charge is 0.344 e. The number of rotatable bonds is 5. The molecule has 2 nitrogen and oxygen atoms in total. The maximum Gasteiger partial charge on any atom is 0.416 e. The highest BCUT2D eigenvalue weighted by molar-refractivity contribution is 7.10. The second-order valence-electron chi connectivity index (χ2n) is 5.80. The van der Waals surface area contributed by atoms with Gasteiger partial charge in [0.2, 0.25) is 5.91 Å². The number of alkyl halides is 3. The van der Waals surface area contributed by atoms with Gasteiger partial charge in [-0.25, -0.2) is 0 Å². The van der Waals surface area contributed by atoms with Gasteiger partial charge in [-0.2, -0.15) is 13.2 Å². The number of hydrogen-bond acceptors (Lipinski definition) is 2. The van der Waals surface area contributed by atoms with Crippen molar-refractivity contribution in [2.24, 2.45) is 0 Å². The van der Waals surface area contributed by atoms with Crippen molar-refractivity contribution >= 4 is 17.2 Å². The minimum atomic E-state index is -4.42. The van der Waals surface area contributed by atoms with Crippen LogP contribution in [0.1, 0.15) is 27.6 Å². The van der Waals surface area contributed by atoms with Crippen molar-refractivity contribution in [1.29, 1.82) is 0 Å². The van der Waals surface area contributed by atoms with E-state index in [1.54, 1.807) is 0 Å². The summed E-state index contributed by atoms with van der Waals surface area (Å²) in [7, 11) is 0. The van der Waals surface area contributed by atoms with Gasteiger partial charge in [0.25, 0.3) is 0 Å². The van der Waals surface area contributed by atoms with Gasteiger partial charge >= 0.3 is 6.18 Å². The van der Waals surface area contributed by atoms with Gasteiger partial charge in [0, 0.05) is 4.88 Å². The van der Waals surface area contributed by atoms with Crippen LogP contribution >= 0.6 is 11.3 Å². The van der Waals surface area contributed by atoms with Gasteiger partial charge in [0.1, 0.15) is 0 Å². The third kappa shape index (κ3) is 4.52. The summed E-state index contributed by atoms with van der Waals surface area (Å²) in [4.78, 5) is 13.4. The van der Waals surface area contributed by atoms with Crippen LogP contribution in [0.25, 0.3) is 0 Å². The first-order valence-corrected chi connectivity index (χ1v) is 8.85. The third-order valence-corrected chi connectivity index (χ3v) is 4.82. The Bertz CT molecular complexity index is 860. The number of halogens is 3. The Balaban J connectivity index is 1.77. The number of hydrogen-bond donors (Lipinski definition) is 1. The lowest BCUT2D eigenvalue weighted by molar-refractivity contribution is -0.137. The highest BCUT2D eigenvalue weighted by Crippen LogP contribution is 2.30. The molecule has 0 fully saturated rings. The highest BCUT2D eigenvalue weighted by Gasteiger charge is 2.30. The minimum Gasteiger partial charge on any atom is -0.344 e. The molecule has 0 aliphatic heterocycles. The molecule has 6 heteroatoms. The predicted octanol–water partition coefficient (Wildman–Crippen LogP) is 5.22. The standard InChI is InChI=1S/C20H16F3NOS/c21-20(22,23)16-9-4-6-14(12-16)13-18(25)24-19(17-10-5-11-26-17)15-7-2-1-3-8-15/h1-12,19H,13H2,(H,24,25). The fourth-order valence-corrected chi connectivity index (χ4v) is 3.48.